The third kappa shape index (κ3) is 4.27. The molecule has 6 heteroatoms. The number of amides is 1. The molecule has 1 N–H and O–H groups in total. The molecule has 0 aliphatic heterocycles. The van der Waals surface area contributed by atoms with Crippen LogP contribution in [0.15, 0.2) is 30.3 Å². The number of thiazole rings is 1. The van der Waals surface area contributed by atoms with Crippen LogP contribution in [0.1, 0.15) is 57.6 Å². The van der Waals surface area contributed by atoms with Gasteiger partial charge in [-0.2, -0.15) is 5.10 Å². The molecule has 1 aromatic carbocycles. The molecule has 0 saturated carbocycles. The van der Waals surface area contributed by atoms with Gasteiger partial charge in [0.15, 0.2) is 0 Å². The number of carbonyl (C=O) groups is 1. The lowest BCUT2D eigenvalue weighted by molar-refractivity contribution is 0.0954. The Labute approximate surface area is 164 Å². The summed E-state index contributed by atoms with van der Waals surface area (Å²) < 4.78 is 1.88. The van der Waals surface area contributed by atoms with E-state index in [2.05, 4.69) is 29.2 Å². The molecule has 0 bridgehead atoms. The molecule has 142 valence electrons. The number of benzene rings is 1. The Morgan fingerprint density at radius 3 is 2.59 bits per heavy atom. The third-order valence-corrected chi connectivity index (χ3v) is 5.82. The Kier molecular flexibility index (Phi) is 6.06. The lowest BCUT2D eigenvalue weighted by Crippen LogP contribution is -2.22. The first-order valence-electron chi connectivity index (χ1n) is 9.36. The highest BCUT2D eigenvalue weighted by Crippen LogP contribution is 2.25. The van der Waals surface area contributed by atoms with Gasteiger partial charge in [-0.3, -0.25) is 4.79 Å². The van der Waals surface area contributed by atoms with Crippen molar-refractivity contribution in [3.05, 3.63) is 63.4 Å². The van der Waals surface area contributed by atoms with E-state index in [0.29, 0.717) is 11.4 Å². The van der Waals surface area contributed by atoms with Crippen LogP contribution in [0.2, 0.25) is 0 Å². The molecule has 0 spiro atoms. The Bertz CT molecular complexity index is 927. The molecule has 2 heterocycles. The monoisotopic (exact) mass is 382 g/mol. The summed E-state index contributed by atoms with van der Waals surface area (Å²) in [4.78, 5) is 17.9. The van der Waals surface area contributed by atoms with Gasteiger partial charge in [-0.05, 0) is 44.7 Å². The first kappa shape index (κ1) is 19.3. The van der Waals surface area contributed by atoms with Gasteiger partial charge in [0.1, 0.15) is 4.88 Å². The Morgan fingerprint density at radius 2 is 1.89 bits per heavy atom. The Morgan fingerprint density at radius 1 is 1.15 bits per heavy atom. The summed E-state index contributed by atoms with van der Waals surface area (Å²) in [6.07, 6.45) is 3.34. The molecule has 0 fully saturated rings. The van der Waals surface area contributed by atoms with Crippen molar-refractivity contribution in [1.29, 1.82) is 0 Å². The number of aromatic nitrogens is 3. The van der Waals surface area contributed by atoms with Crippen LogP contribution >= 0.6 is 11.3 Å². The maximum absolute atomic E-state index is 12.6. The average Bonchev–Trinajstić information content (AvgIpc) is 3.18. The van der Waals surface area contributed by atoms with E-state index in [1.165, 1.54) is 16.9 Å². The van der Waals surface area contributed by atoms with Crippen molar-refractivity contribution in [2.24, 2.45) is 0 Å². The van der Waals surface area contributed by atoms with E-state index in [1.54, 1.807) is 0 Å². The van der Waals surface area contributed by atoms with Crippen molar-refractivity contribution in [2.75, 3.05) is 0 Å². The van der Waals surface area contributed by atoms with Crippen molar-refractivity contribution < 1.29 is 4.79 Å². The highest BCUT2D eigenvalue weighted by molar-refractivity contribution is 7.16. The SMILES string of the molecule is CCCCc1c(C)nn(-c2nc(C)c(C(=O)NCc3ccccc3)s2)c1C. The van der Waals surface area contributed by atoms with Crippen LogP contribution in [0.25, 0.3) is 5.13 Å². The quantitative estimate of drug-likeness (QED) is 0.653. The summed E-state index contributed by atoms with van der Waals surface area (Å²) in [5, 5.41) is 8.41. The molecular weight excluding hydrogens is 356 g/mol. The molecule has 1 amide bonds. The van der Waals surface area contributed by atoms with Gasteiger partial charge in [-0.1, -0.05) is 55.0 Å². The minimum Gasteiger partial charge on any atom is -0.347 e. The number of aryl methyl sites for hydroxylation is 2. The van der Waals surface area contributed by atoms with E-state index in [4.69, 9.17) is 0 Å². The fraction of sp³-hybridized carbons (Fsp3) is 0.381. The minimum absolute atomic E-state index is 0.0900. The molecule has 27 heavy (non-hydrogen) atoms. The smallest absolute Gasteiger partial charge is 0.263 e. The van der Waals surface area contributed by atoms with E-state index < -0.39 is 0 Å². The minimum atomic E-state index is -0.0900. The van der Waals surface area contributed by atoms with Crippen LogP contribution in [0.4, 0.5) is 0 Å². The second-order valence-corrected chi connectivity index (χ2v) is 7.72. The first-order chi connectivity index (χ1) is 13.0. The van der Waals surface area contributed by atoms with Crippen molar-refractivity contribution >= 4 is 17.2 Å². The van der Waals surface area contributed by atoms with Gasteiger partial charge in [0.25, 0.3) is 5.91 Å². The van der Waals surface area contributed by atoms with Crippen LogP contribution < -0.4 is 5.32 Å². The zero-order valence-electron chi connectivity index (χ0n) is 16.4. The van der Waals surface area contributed by atoms with Gasteiger partial charge in [0.2, 0.25) is 5.13 Å². The molecule has 0 atom stereocenters. The van der Waals surface area contributed by atoms with E-state index in [-0.39, 0.29) is 5.91 Å². The Balaban J connectivity index is 1.79. The van der Waals surface area contributed by atoms with E-state index >= 15 is 0 Å². The maximum Gasteiger partial charge on any atom is 0.263 e. The molecule has 3 rings (SSSR count). The zero-order chi connectivity index (χ0) is 19.4. The molecule has 0 saturated heterocycles. The largest absolute Gasteiger partial charge is 0.347 e. The van der Waals surface area contributed by atoms with E-state index in [0.717, 1.165) is 47.0 Å². The highest BCUT2D eigenvalue weighted by Gasteiger charge is 2.19. The molecule has 0 aliphatic rings. The zero-order valence-corrected chi connectivity index (χ0v) is 17.2. The van der Waals surface area contributed by atoms with Crippen LogP contribution in [0.5, 0.6) is 0 Å². The third-order valence-electron chi connectivity index (χ3n) is 4.69. The number of nitrogens with zero attached hydrogens (tertiary/aromatic N) is 3. The number of carbonyl (C=O) groups excluding carboxylic acids is 1. The normalized spacial score (nSPS) is 11.0. The van der Waals surface area contributed by atoms with Gasteiger partial charge in [-0.25, -0.2) is 9.67 Å². The molecule has 3 aromatic rings. The van der Waals surface area contributed by atoms with Gasteiger partial charge in [0, 0.05) is 12.2 Å². The fourth-order valence-corrected chi connectivity index (χ4v) is 4.11. The van der Waals surface area contributed by atoms with Crippen molar-refractivity contribution in [2.45, 2.75) is 53.5 Å². The topological polar surface area (TPSA) is 59.8 Å². The number of hydrogen-bond acceptors (Lipinski definition) is 4. The highest BCUT2D eigenvalue weighted by atomic mass is 32.1. The standard InChI is InChI=1S/C21H26N4OS/c1-5-6-12-18-14(2)24-25(16(18)4)21-23-15(3)19(27-21)20(26)22-13-17-10-8-7-9-11-17/h7-11H,5-6,12-13H2,1-4H3,(H,22,26). The number of nitrogens with one attached hydrogen (secondary N) is 1. The average molecular weight is 383 g/mol. The summed E-state index contributed by atoms with van der Waals surface area (Å²) >= 11 is 1.39. The second-order valence-electron chi connectivity index (χ2n) is 6.74. The van der Waals surface area contributed by atoms with E-state index in [9.17, 15) is 4.79 Å². The van der Waals surface area contributed by atoms with Crippen LogP contribution in [0, 0.1) is 20.8 Å². The second kappa shape index (κ2) is 8.48. The summed E-state index contributed by atoms with van der Waals surface area (Å²) in [7, 11) is 0. The predicted molar refractivity (Wildman–Crippen MR) is 110 cm³/mol. The molecule has 5 nitrogen and oxygen atoms in total. The molecule has 2 aromatic heterocycles. The van der Waals surface area contributed by atoms with Gasteiger partial charge < -0.3 is 5.32 Å². The van der Waals surface area contributed by atoms with Gasteiger partial charge >= 0.3 is 0 Å². The molecule has 0 aliphatic carbocycles. The number of unbranched alkanes of at least 4 members (excludes halogenated alkanes) is 1. The molecular formula is C21H26N4OS. The van der Waals surface area contributed by atoms with Crippen molar-refractivity contribution in [3.8, 4) is 5.13 Å². The predicted octanol–water partition coefficient (Wildman–Crippen LogP) is 4.53. The summed E-state index contributed by atoms with van der Waals surface area (Å²) in [6, 6.07) is 9.90. The first-order valence-corrected chi connectivity index (χ1v) is 10.2. The lowest BCUT2D eigenvalue weighted by Gasteiger charge is -2.04. The van der Waals surface area contributed by atoms with E-state index in [1.807, 2.05) is 48.9 Å². The summed E-state index contributed by atoms with van der Waals surface area (Å²) in [6.45, 7) is 8.70. The van der Waals surface area contributed by atoms with Crippen LogP contribution in [0.3, 0.4) is 0 Å². The summed E-state index contributed by atoms with van der Waals surface area (Å²) in [5.74, 6) is -0.0900. The van der Waals surface area contributed by atoms with Crippen LogP contribution in [-0.2, 0) is 13.0 Å². The van der Waals surface area contributed by atoms with Gasteiger partial charge in [-0.15, -0.1) is 0 Å². The Hall–Kier alpha value is -2.47. The van der Waals surface area contributed by atoms with Crippen molar-refractivity contribution in [1.82, 2.24) is 20.1 Å². The van der Waals surface area contributed by atoms with Gasteiger partial charge in [0.05, 0.1) is 11.4 Å². The molecule has 0 radical (unpaired) electrons. The molecule has 0 unspecified atom stereocenters. The number of rotatable bonds is 7. The maximum atomic E-state index is 12.6. The number of hydrogen-bond donors (Lipinski definition) is 1. The summed E-state index contributed by atoms with van der Waals surface area (Å²) in [5.41, 5.74) is 5.27. The van der Waals surface area contributed by atoms with Crippen molar-refractivity contribution in [3.63, 3.8) is 0 Å². The fourth-order valence-electron chi connectivity index (χ4n) is 3.12. The lowest BCUT2D eigenvalue weighted by atomic mass is 10.1. The van der Waals surface area contributed by atoms with Crippen LogP contribution in [-0.4, -0.2) is 20.7 Å².